The van der Waals surface area contributed by atoms with Crippen LogP contribution in [0.15, 0.2) is 59.1 Å². The normalized spacial score (nSPS) is 11.0. The third-order valence-electron chi connectivity index (χ3n) is 3.89. The van der Waals surface area contributed by atoms with E-state index in [1.54, 1.807) is 30.3 Å². The van der Waals surface area contributed by atoms with Crippen molar-refractivity contribution in [3.05, 3.63) is 71.4 Å². The number of aryl methyl sites for hydroxylation is 1. The van der Waals surface area contributed by atoms with Crippen LogP contribution in [0.25, 0.3) is 11.3 Å². The molecule has 3 aromatic rings. The Kier molecular flexibility index (Phi) is 5.53. The van der Waals surface area contributed by atoms with Crippen molar-refractivity contribution in [2.75, 3.05) is 5.32 Å². The topological polar surface area (TPSA) is 96.3 Å². The number of nitrogens with one attached hydrogen (secondary N) is 3. The van der Waals surface area contributed by atoms with Crippen LogP contribution in [0.5, 0.6) is 0 Å². The average molecular weight is 404 g/mol. The molecule has 0 fully saturated rings. The molecule has 3 amide bonds. The smallest absolute Gasteiger partial charge is 0.355 e. The third-order valence-corrected chi connectivity index (χ3v) is 3.89. The van der Waals surface area contributed by atoms with Crippen molar-refractivity contribution in [2.24, 2.45) is 0 Å². The zero-order chi connectivity index (χ0) is 21.0. The molecule has 10 heteroatoms. The second-order valence-electron chi connectivity index (χ2n) is 5.95. The van der Waals surface area contributed by atoms with E-state index in [2.05, 4.69) is 21.3 Å². The van der Waals surface area contributed by atoms with Crippen LogP contribution in [-0.4, -0.2) is 17.1 Å². The Morgan fingerprint density at radius 3 is 2.24 bits per heavy atom. The largest absolute Gasteiger partial charge is 0.416 e. The first-order valence-electron chi connectivity index (χ1n) is 8.32. The Morgan fingerprint density at radius 2 is 1.62 bits per heavy atom. The van der Waals surface area contributed by atoms with Gasteiger partial charge >= 0.3 is 12.2 Å². The summed E-state index contributed by atoms with van der Waals surface area (Å²) in [6.45, 7) is 1.50. The highest BCUT2D eigenvalue weighted by Crippen LogP contribution is 2.32. The van der Waals surface area contributed by atoms with Gasteiger partial charge in [-0.1, -0.05) is 35.5 Å². The maximum absolute atomic E-state index is 12.7. The lowest BCUT2D eigenvalue weighted by Crippen LogP contribution is -2.44. The Morgan fingerprint density at radius 1 is 0.966 bits per heavy atom. The van der Waals surface area contributed by atoms with E-state index in [-0.39, 0.29) is 22.6 Å². The fraction of sp³-hybridized carbons (Fsp3) is 0.105. The molecule has 0 unspecified atom stereocenters. The molecular weight excluding hydrogens is 389 g/mol. The van der Waals surface area contributed by atoms with Gasteiger partial charge in [-0.3, -0.25) is 10.2 Å². The number of anilines is 1. The highest BCUT2D eigenvalue weighted by atomic mass is 19.4. The number of nitrogens with zero attached hydrogens (tertiary/aromatic N) is 1. The van der Waals surface area contributed by atoms with E-state index in [0.29, 0.717) is 5.69 Å². The molecule has 3 N–H and O–H groups in total. The van der Waals surface area contributed by atoms with Gasteiger partial charge in [0.1, 0.15) is 5.56 Å². The standard InChI is InChI=1S/C19H15F3N4O3/c1-11-15(17(27)24-25-18(28)23-14-5-3-2-4-6-14)16(29-26-11)12-7-9-13(10-8-12)19(20,21)22/h2-10H,1H3,(H,24,27)(H2,23,25,28). The zero-order valence-electron chi connectivity index (χ0n) is 15.0. The second-order valence-corrected chi connectivity index (χ2v) is 5.95. The van der Waals surface area contributed by atoms with Gasteiger partial charge in [-0.25, -0.2) is 10.2 Å². The molecule has 7 nitrogen and oxygen atoms in total. The number of aromatic nitrogens is 1. The maximum Gasteiger partial charge on any atom is 0.416 e. The Balaban J connectivity index is 1.72. The van der Waals surface area contributed by atoms with E-state index in [0.717, 1.165) is 12.1 Å². The first-order valence-corrected chi connectivity index (χ1v) is 8.32. The molecule has 0 aliphatic rings. The Bertz CT molecular complexity index is 1020. The van der Waals surface area contributed by atoms with Crippen LogP contribution in [-0.2, 0) is 6.18 Å². The number of urea groups is 1. The summed E-state index contributed by atoms with van der Waals surface area (Å²) in [5.74, 6) is -0.749. The quantitative estimate of drug-likeness (QED) is 0.572. The van der Waals surface area contributed by atoms with Crippen LogP contribution in [0.4, 0.5) is 23.7 Å². The number of carbonyl (C=O) groups is 2. The summed E-state index contributed by atoms with van der Waals surface area (Å²) in [7, 11) is 0. The van der Waals surface area contributed by atoms with Gasteiger partial charge in [0.05, 0.1) is 11.3 Å². The van der Waals surface area contributed by atoms with Gasteiger partial charge in [-0.05, 0) is 31.2 Å². The lowest BCUT2D eigenvalue weighted by Gasteiger charge is -2.10. The SMILES string of the molecule is Cc1noc(-c2ccc(C(F)(F)F)cc2)c1C(=O)NNC(=O)Nc1ccccc1. The number of hydrogen-bond donors (Lipinski definition) is 3. The number of hydrazine groups is 1. The maximum atomic E-state index is 12.7. The van der Waals surface area contributed by atoms with Crippen LogP contribution in [0, 0.1) is 6.92 Å². The molecule has 1 heterocycles. The molecule has 0 spiro atoms. The number of halogens is 3. The Hall–Kier alpha value is -3.82. The number of para-hydroxylation sites is 1. The fourth-order valence-electron chi connectivity index (χ4n) is 2.50. The van der Waals surface area contributed by atoms with Gasteiger partial charge in [-0.2, -0.15) is 13.2 Å². The van der Waals surface area contributed by atoms with Crippen molar-refractivity contribution >= 4 is 17.6 Å². The minimum atomic E-state index is -4.48. The first-order chi connectivity index (χ1) is 13.8. The molecule has 1 aromatic heterocycles. The van der Waals surface area contributed by atoms with Gasteiger partial charge in [0.15, 0.2) is 5.76 Å². The van der Waals surface area contributed by atoms with Gasteiger partial charge in [0.2, 0.25) is 0 Å². The predicted octanol–water partition coefficient (Wildman–Crippen LogP) is 4.14. The third kappa shape index (κ3) is 4.72. The van der Waals surface area contributed by atoms with Gasteiger partial charge in [-0.15, -0.1) is 0 Å². The summed E-state index contributed by atoms with van der Waals surface area (Å²) in [6, 6.07) is 12.0. The number of benzene rings is 2. The highest BCUT2D eigenvalue weighted by Gasteiger charge is 2.30. The molecule has 0 aliphatic carbocycles. The van der Waals surface area contributed by atoms with Crippen molar-refractivity contribution in [2.45, 2.75) is 13.1 Å². The molecule has 0 atom stereocenters. The van der Waals surface area contributed by atoms with Crippen molar-refractivity contribution in [3.8, 4) is 11.3 Å². The van der Waals surface area contributed by atoms with Crippen molar-refractivity contribution < 1.29 is 27.3 Å². The minimum Gasteiger partial charge on any atom is -0.355 e. The molecule has 29 heavy (non-hydrogen) atoms. The molecular formula is C19H15F3N4O3. The summed E-state index contributed by atoms with van der Waals surface area (Å²) < 4.78 is 43.3. The molecule has 0 saturated heterocycles. The van der Waals surface area contributed by atoms with E-state index in [4.69, 9.17) is 4.52 Å². The van der Waals surface area contributed by atoms with E-state index < -0.39 is 23.7 Å². The van der Waals surface area contributed by atoms with Crippen LogP contribution in [0.2, 0.25) is 0 Å². The highest BCUT2D eigenvalue weighted by molar-refractivity contribution is 6.02. The molecule has 150 valence electrons. The van der Waals surface area contributed by atoms with Gasteiger partial charge < -0.3 is 9.84 Å². The summed E-state index contributed by atoms with van der Waals surface area (Å²) in [5.41, 5.74) is 4.52. The summed E-state index contributed by atoms with van der Waals surface area (Å²) in [4.78, 5) is 24.3. The fourth-order valence-corrected chi connectivity index (χ4v) is 2.50. The number of amides is 3. The molecule has 0 radical (unpaired) electrons. The lowest BCUT2D eigenvalue weighted by atomic mass is 10.0. The zero-order valence-corrected chi connectivity index (χ0v) is 15.0. The molecule has 0 saturated carbocycles. The minimum absolute atomic E-state index is 0.00947. The number of alkyl halides is 3. The Labute approximate surface area is 162 Å². The molecule has 0 bridgehead atoms. The van der Waals surface area contributed by atoms with Crippen LogP contribution < -0.4 is 16.2 Å². The molecule has 3 rings (SSSR count). The van der Waals surface area contributed by atoms with Crippen LogP contribution in [0.3, 0.4) is 0 Å². The van der Waals surface area contributed by atoms with Crippen molar-refractivity contribution in [3.63, 3.8) is 0 Å². The van der Waals surface area contributed by atoms with Gasteiger partial charge in [0.25, 0.3) is 5.91 Å². The predicted molar refractivity (Wildman–Crippen MR) is 97.7 cm³/mol. The van der Waals surface area contributed by atoms with Crippen molar-refractivity contribution in [1.82, 2.24) is 16.0 Å². The van der Waals surface area contributed by atoms with E-state index >= 15 is 0 Å². The van der Waals surface area contributed by atoms with Gasteiger partial charge in [0, 0.05) is 11.3 Å². The average Bonchev–Trinajstić information content (AvgIpc) is 3.08. The summed E-state index contributed by atoms with van der Waals surface area (Å²) >= 11 is 0. The van der Waals surface area contributed by atoms with E-state index in [1.165, 1.54) is 19.1 Å². The summed E-state index contributed by atoms with van der Waals surface area (Å²) in [6.07, 6.45) is -4.48. The molecule has 0 aliphatic heterocycles. The van der Waals surface area contributed by atoms with Crippen LogP contribution in [0.1, 0.15) is 21.6 Å². The van der Waals surface area contributed by atoms with Crippen LogP contribution >= 0.6 is 0 Å². The second kappa shape index (κ2) is 8.05. The lowest BCUT2D eigenvalue weighted by molar-refractivity contribution is -0.137. The van der Waals surface area contributed by atoms with Crippen molar-refractivity contribution in [1.29, 1.82) is 0 Å². The van der Waals surface area contributed by atoms with E-state index in [9.17, 15) is 22.8 Å². The number of hydrogen-bond acceptors (Lipinski definition) is 4. The monoisotopic (exact) mass is 404 g/mol. The number of rotatable bonds is 3. The number of carbonyl (C=O) groups excluding carboxylic acids is 2. The summed E-state index contributed by atoms with van der Waals surface area (Å²) in [5, 5.41) is 6.21. The van der Waals surface area contributed by atoms with E-state index in [1.807, 2.05) is 0 Å². The first kappa shape index (κ1) is 19.9. The molecule has 2 aromatic carbocycles.